The summed E-state index contributed by atoms with van der Waals surface area (Å²) >= 11 is 0. The van der Waals surface area contributed by atoms with E-state index in [2.05, 4.69) is 4.90 Å². The first-order valence-electron chi connectivity index (χ1n) is 11.0. The highest BCUT2D eigenvalue weighted by Crippen LogP contribution is 2.28. The minimum Gasteiger partial charge on any atom is -0.490 e. The molecule has 6 nitrogen and oxygen atoms in total. The van der Waals surface area contributed by atoms with E-state index in [0.29, 0.717) is 57.9 Å². The zero-order chi connectivity index (χ0) is 22.6. The minimum absolute atomic E-state index is 0.000903. The smallest absolute Gasteiger partial charge is 0.134 e. The Kier molecular flexibility index (Phi) is 6.95. The van der Waals surface area contributed by atoms with E-state index in [0.717, 1.165) is 5.69 Å². The highest BCUT2D eigenvalue weighted by Gasteiger charge is 2.39. The van der Waals surface area contributed by atoms with Gasteiger partial charge in [0.15, 0.2) is 0 Å². The number of benzene rings is 2. The molecule has 32 heavy (non-hydrogen) atoms. The predicted octanol–water partition coefficient (Wildman–Crippen LogP) is 2.44. The topological polar surface area (TPSA) is 65.4 Å². The molecule has 2 aliphatic rings. The predicted molar refractivity (Wildman–Crippen MR) is 117 cm³/mol. The van der Waals surface area contributed by atoms with Crippen LogP contribution in [0.4, 0.5) is 14.5 Å². The van der Waals surface area contributed by atoms with Gasteiger partial charge in [-0.05, 0) is 55.3 Å². The Labute approximate surface area is 187 Å². The maximum Gasteiger partial charge on any atom is 0.134 e. The van der Waals surface area contributed by atoms with Gasteiger partial charge in [-0.15, -0.1) is 0 Å². The Hall–Kier alpha value is -2.26. The van der Waals surface area contributed by atoms with Crippen molar-refractivity contribution in [1.82, 2.24) is 4.90 Å². The standard InChI is InChI=1S/C24H30F2N2O4/c25-19-4-6-22(7-5-19)32-18-24(30)16-27(12-13-31-17-24)15-23(29)8-10-28(11-9-23)21-3-1-2-20(26)14-21/h1-7,14,29-30H,8-13,15-18H2/t24-/m1/s1. The van der Waals surface area contributed by atoms with E-state index in [-0.39, 0.29) is 24.8 Å². The molecule has 2 aliphatic heterocycles. The molecule has 8 heteroatoms. The molecule has 0 aliphatic carbocycles. The Balaban J connectivity index is 1.33. The first-order valence-corrected chi connectivity index (χ1v) is 11.0. The number of halogens is 2. The lowest BCUT2D eigenvalue weighted by Gasteiger charge is -2.42. The van der Waals surface area contributed by atoms with Gasteiger partial charge in [-0.3, -0.25) is 4.90 Å². The summed E-state index contributed by atoms with van der Waals surface area (Å²) in [5.41, 5.74) is -1.32. The fourth-order valence-electron chi connectivity index (χ4n) is 4.40. The molecule has 4 rings (SSSR count). The molecule has 2 aromatic rings. The second kappa shape index (κ2) is 9.70. The van der Waals surface area contributed by atoms with Crippen LogP contribution in [0.3, 0.4) is 0 Å². The van der Waals surface area contributed by atoms with Crippen LogP contribution in [0.2, 0.25) is 0 Å². The van der Waals surface area contributed by atoms with Crippen LogP contribution in [-0.2, 0) is 4.74 Å². The molecule has 1 atom stereocenters. The van der Waals surface area contributed by atoms with E-state index >= 15 is 0 Å². The van der Waals surface area contributed by atoms with Crippen molar-refractivity contribution < 1.29 is 28.5 Å². The molecule has 0 unspecified atom stereocenters. The zero-order valence-corrected chi connectivity index (χ0v) is 18.1. The van der Waals surface area contributed by atoms with Crippen LogP contribution in [0.1, 0.15) is 12.8 Å². The summed E-state index contributed by atoms with van der Waals surface area (Å²) in [5, 5.41) is 22.3. The average molecular weight is 449 g/mol. The van der Waals surface area contributed by atoms with Crippen LogP contribution in [-0.4, -0.2) is 78.9 Å². The number of β-amino-alcohol motifs (C(OH)–C–C–N with tert-alkyl or cyclic N) is 2. The van der Waals surface area contributed by atoms with Gasteiger partial charge in [0.05, 0.1) is 18.8 Å². The normalized spacial score (nSPS) is 24.2. The van der Waals surface area contributed by atoms with Gasteiger partial charge in [0.1, 0.15) is 29.6 Å². The summed E-state index contributed by atoms with van der Waals surface area (Å²) in [6, 6.07) is 12.1. The molecular formula is C24H30F2N2O4. The lowest BCUT2D eigenvalue weighted by Crippen LogP contribution is -2.55. The second-order valence-corrected chi connectivity index (χ2v) is 8.92. The monoisotopic (exact) mass is 448 g/mol. The molecule has 2 N–H and O–H groups in total. The van der Waals surface area contributed by atoms with Crippen molar-refractivity contribution in [3.05, 3.63) is 60.2 Å². The summed E-state index contributed by atoms with van der Waals surface area (Å²) < 4.78 is 37.9. The molecule has 0 aromatic heterocycles. The lowest BCUT2D eigenvalue weighted by atomic mass is 9.90. The van der Waals surface area contributed by atoms with Crippen molar-refractivity contribution in [2.24, 2.45) is 0 Å². The van der Waals surface area contributed by atoms with Crippen LogP contribution in [0.5, 0.6) is 5.75 Å². The maximum atomic E-state index is 13.5. The third kappa shape index (κ3) is 5.95. The van der Waals surface area contributed by atoms with E-state index in [9.17, 15) is 19.0 Å². The number of ether oxygens (including phenoxy) is 2. The van der Waals surface area contributed by atoms with Crippen LogP contribution in [0, 0.1) is 11.6 Å². The highest BCUT2D eigenvalue weighted by molar-refractivity contribution is 5.47. The minimum atomic E-state index is -1.25. The summed E-state index contributed by atoms with van der Waals surface area (Å²) in [6.45, 7) is 3.12. The molecule has 0 spiro atoms. The van der Waals surface area contributed by atoms with Gasteiger partial charge < -0.3 is 24.6 Å². The van der Waals surface area contributed by atoms with E-state index in [1.807, 2.05) is 11.0 Å². The molecule has 0 saturated carbocycles. The Morgan fingerprint density at radius 3 is 2.41 bits per heavy atom. The van der Waals surface area contributed by atoms with Gasteiger partial charge >= 0.3 is 0 Å². The SMILES string of the molecule is OC1(CN2CCOC[C@@](O)(COc3ccc(F)cc3)C2)CCN(c2cccc(F)c2)CC1. The van der Waals surface area contributed by atoms with Crippen molar-refractivity contribution in [2.75, 3.05) is 57.4 Å². The summed E-state index contributed by atoms with van der Waals surface area (Å²) in [5.74, 6) is -0.147. The van der Waals surface area contributed by atoms with Gasteiger partial charge in [-0.25, -0.2) is 8.78 Å². The van der Waals surface area contributed by atoms with Crippen molar-refractivity contribution in [1.29, 1.82) is 0 Å². The molecule has 2 aromatic carbocycles. The highest BCUT2D eigenvalue weighted by atomic mass is 19.1. The Bertz CT molecular complexity index is 890. The fourth-order valence-corrected chi connectivity index (χ4v) is 4.40. The zero-order valence-electron chi connectivity index (χ0n) is 18.1. The molecule has 2 saturated heterocycles. The van der Waals surface area contributed by atoms with Gasteiger partial charge in [0, 0.05) is 38.4 Å². The van der Waals surface area contributed by atoms with Crippen molar-refractivity contribution in [3.63, 3.8) is 0 Å². The number of rotatable bonds is 6. The number of hydrogen-bond acceptors (Lipinski definition) is 6. The first-order chi connectivity index (χ1) is 15.3. The summed E-state index contributed by atoms with van der Waals surface area (Å²) in [7, 11) is 0. The van der Waals surface area contributed by atoms with Crippen LogP contribution < -0.4 is 9.64 Å². The number of anilines is 1. The number of nitrogens with zero attached hydrogens (tertiary/aromatic N) is 2. The number of hydrogen-bond donors (Lipinski definition) is 2. The second-order valence-electron chi connectivity index (χ2n) is 8.92. The lowest BCUT2D eigenvalue weighted by molar-refractivity contribution is -0.0742. The van der Waals surface area contributed by atoms with Gasteiger partial charge in [-0.1, -0.05) is 6.07 Å². The van der Waals surface area contributed by atoms with Gasteiger partial charge in [-0.2, -0.15) is 0 Å². The molecule has 0 radical (unpaired) electrons. The number of aliphatic hydroxyl groups is 2. The Morgan fingerprint density at radius 2 is 1.69 bits per heavy atom. The molecule has 0 bridgehead atoms. The number of piperidine rings is 1. The van der Waals surface area contributed by atoms with Crippen molar-refractivity contribution >= 4 is 5.69 Å². The van der Waals surface area contributed by atoms with E-state index in [4.69, 9.17) is 9.47 Å². The van der Waals surface area contributed by atoms with E-state index in [1.165, 1.54) is 36.4 Å². The maximum absolute atomic E-state index is 13.5. The van der Waals surface area contributed by atoms with E-state index in [1.54, 1.807) is 6.07 Å². The molecule has 2 fully saturated rings. The largest absolute Gasteiger partial charge is 0.490 e. The van der Waals surface area contributed by atoms with Crippen LogP contribution in [0.15, 0.2) is 48.5 Å². The van der Waals surface area contributed by atoms with Crippen molar-refractivity contribution in [2.45, 2.75) is 24.0 Å². The van der Waals surface area contributed by atoms with Gasteiger partial charge in [0.25, 0.3) is 0 Å². The third-order valence-corrected chi connectivity index (χ3v) is 6.15. The van der Waals surface area contributed by atoms with Crippen molar-refractivity contribution in [3.8, 4) is 5.75 Å². The van der Waals surface area contributed by atoms with Crippen LogP contribution >= 0.6 is 0 Å². The summed E-state index contributed by atoms with van der Waals surface area (Å²) in [6.07, 6.45) is 1.09. The quantitative estimate of drug-likeness (QED) is 0.708. The van der Waals surface area contributed by atoms with Crippen LogP contribution in [0.25, 0.3) is 0 Å². The Morgan fingerprint density at radius 1 is 0.938 bits per heavy atom. The molecule has 2 heterocycles. The molecule has 174 valence electrons. The third-order valence-electron chi connectivity index (χ3n) is 6.15. The first kappa shape index (κ1) is 22.9. The average Bonchev–Trinajstić information content (AvgIpc) is 2.95. The molecular weight excluding hydrogens is 418 g/mol. The summed E-state index contributed by atoms with van der Waals surface area (Å²) in [4.78, 5) is 4.09. The fraction of sp³-hybridized carbons (Fsp3) is 0.500. The van der Waals surface area contributed by atoms with E-state index < -0.39 is 11.2 Å². The molecule has 0 amide bonds. The van der Waals surface area contributed by atoms with Gasteiger partial charge in [0.2, 0.25) is 0 Å².